The first kappa shape index (κ1) is 18.4. The fourth-order valence-corrected chi connectivity index (χ4v) is 3.63. The van der Waals surface area contributed by atoms with Gasteiger partial charge in [-0.25, -0.2) is 4.39 Å². The Morgan fingerprint density at radius 1 is 1.08 bits per heavy atom. The summed E-state index contributed by atoms with van der Waals surface area (Å²) in [5, 5.41) is 0. The van der Waals surface area contributed by atoms with Gasteiger partial charge in [0, 0.05) is 13.0 Å². The number of methoxy groups -OCH3 is 1. The zero-order chi connectivity index (χ0) is 18.4. The maximum Gasteiger partial charge on any atom is 0.223 e. The van der Waals surface area contributed by atoms with E-state index in [2.05, 4.69) is 12.1 Å². The third kappa shape index (κ3) is 4.63. The minimum Gasteiger partial charge on any atom is -0.497 e. The van der Waals surface area contributed by atoms with E-state index in [0.29, 0.717) is 12.8 Å². The summed E-state index contributed by atoms with van der Waals surface area (Å²) >= 11 is 0. The van der Waals surface area contributed by atoms with Crippen LogP contribution in [0.2, 0.25) is 0 Å². The van der Waals surface area contributed by atoms with Crippen molar-refractivity contribution in [2.75, 3.05) is 13.7 Å². The highest BCUT2D eigenvalue weighted by molar-refractivity contribution is 5.77. The van der Waals surface area contributed by atoms with Crippen molar-refractivity contribution in [2.24, 2.45) is 0 Å². The second-order valence-corrected chi connectivity index (χ2v) is 6.85. The Hall–Kier alpha value is -2.36. The molecule has 1 aliphatic heterocycles. The molecule has 2 aromatic rings. The number of benzene rings is 2. The summed E-state index contributed by atoms with van der Waals surface area (Å²) in [6.45, 7) is 0.805. The minimum absolute atomic E-state index is 0.129. The van der Waals surface area contributed by atoms with Crippen LogP contribution in [0.3, 0.4) is 0 Å². The predicted molar refractivity (Wildman–Crippen MR) is 101 cm³/mol. The molecular formula is C22H26FNO2. The first-order chi connectivity index (χ1) is 12.7. The van der Waals surface area contributed by atoms with Gasteiger partial charge < -0.3 is 9.64 Å². The number of aryl methyl sites for hydroxylation is 1. The van der Waals surface area contributed by atoms with Crippen molar-refractivity contribution in [3.63, 3.8) is 0 Å². The van der Waals surface area contributed by atoms with Crippen LogP contribution >= 0.6 is 0 Å². The third-order valence-corrected chi connectivity index (χ3v) is 5.11. The minimum atomic E-state index is -0.243. The predicted octanol–water partition coefficient (Wildman–Crippen LogP) is 4.91. The normalized spacial score (nSPS) is 17.6. The van der Waals surface area contributed by atoms with Crippen LogP contribution in [0.1, 0.15) is 49.3 Å². The fraction of sp³-hybridized carbons (Fsp3) is 0.409. The van der Waals surface area contributed by atoms with E-state index in [1.54, 1.807) is 19.2 Å². The van der Waals surface area contributed by atoms with E-state index in [9.17, 15) is 9.18 Å². The van der Waals surface area contributed by atoms with E-state index >= 15 is 0 Å². The number of carbonyl (C=O) groups is 1. The second-order valence-electron chi connectivity index (χ2n) is 6.85. The molecule has 0 aromatic heterocycles. The van der Waals surface area contributed by atoms with E-state index in [-0.39, 0.29) is 17.8 Å². The molecule has 0 radical (unpaired) electrons. The molecule has 0 bridgehead atoms. The number of halogens is 1. The summed E-state index contributed by atoms with van der Waals surface area (Å²) < 4.78 is 18.3. The van der Waals surface area contributed by atoms with Crippen LogP contribution in [0.5, 0.6) is 5.75 Å². The first-order valence-electron chi connectivity index (χ1n) is 9.35. The lowest BCUT2D eigenvalue weighted by Gasteiger charge is -2.31. The summed E-state index contributed by atoms with van der Waals surface area (Å²) in [4.78, 5) is 15.0. The van der Waals surface area contributed by atoms with Crippen LogP contribution in [0.15, 0.2) is 48.5 Å². The number of amides is 1. The van der Waals surface area contributed by atoms with Gasteiger partial charge in [-0.2, -0.15) is 0 Å². The molecule has 3 nitrogen and oxygen atoms in total. The van der Waals surface area contributed by atoms with Gasteiger partial charge in [0.1, 0.15) is 11.6 Å². The van der Waals surface area contributed by atoms with Crippen LogP contribution in [-0.4, -0.2) is 24.5 Å². The molecule has 1 unspecified atom stereocenters. The monoisotopic (exact) mass is 355 g/mol. The van der Waals surface area contributed by atoms with Gasteiger partial charge in [0.2, 0.25) is 5.91 Å². The van der Waals surface area contributed by atoms with E-state index in [1.165, 1.54) is 17.7 Å². The summed E-state index contributed by atoms with van der Waals surface area (Å²) in [5.74, 6) is 0.765. The van der Waals surface area contributed by atoms with Crippen molar-refractivity contribution in [3.8, 4) is 5.75 Å². The Balaban J connectivity index is 1.70. The Labute approximate surface area is 154 Å². The van der Waals surface area contributed by atoms with Crippen molar-refractivity contribution in [1.82, 2.24) is 4.90 Å². The second kappa shape index (κ2) is 8.84. The maximum atomic E-state index is 13.0. The van der Waals surface area contributed by atoms with Crippen LogP contribution in [0, 0.1) is 5.82 Å². The van der Waals surface area contributed by atoms with E-state index in [1.807, 2.05) is 17.0 Å². The van der Waals surface area contributed by atoms with E-state index in [4.69, 9.17) is 4.74 Å². The van der Waals surface area contributed by atoms with Gasteiger partial charge in [0.05, 0.1) is 13.2 Å². The smallest absolute Gasteiger partial charge is 0.223 e. The lowest BCUT2D eigenvalue weighted by Crippen LogP contribution is -2.35. The highest BCUT2D eigenvalue weighted by atomic mass is 19.1. The highest BCUT2D eigenvalue weighted by Gasteiger charge is 2.26. The Bertz CT molecular complexity index is 712. The number of hydrogen-bond donors (Lipinski definition) is 0. The number of carbonyl (C=O) groups excluding carboxylic acids is 1. The van der Waals surface area contributed by atoms with Gasteiger partial charge in [-0.1, -0.05) is 37.1 Å². The summed E-state index contributed by atoms with van der Waals surface area (Å²) in [6, 6.07) is 14.6. The molecule has 2 aromatic carbocycles. The van der Waals surface area contributed by atoms with Crippen LogP contribution < -0.4 is 4.74 Å². The van der Waals surface area contributed by atoms with E-state index < -0.39 is 0 Å². The third-order valence-electron chi connectivity index (χ3n) is 5.11. The Kier molecular flexibility index (Phi) is 6.26. The molecule has 1 atom stereocenters. The lowest BCUT2D eigenvalue weighted by atomic mass is 10.00. The topological polar surface area (TPSA) is 29.5 Å². The maximum absolute atomic E-state index is 13.0. The SMILES string of the molecule is COc1ccc(C2CCCCCN2C(=O)CCc2ccc(F)cc2)cc1. The molecule has 0 saturated carbocycles. The van der Waals surface area contributed by atoms with Crippen LogP contribution in [0.4, 0.5) is 4.39 Å². The van der Waals surface area contributed by atoms with Crippen molar-refractivity contribution in [2.45, 2.75) is 44.6 Å². The molecular weight excluding hydrogens is 329 g/mol. The Morgan fingerprint density at radius 2 is 1.81 bits per heavy atom. The molecule has 26 heavy (non-hydrogen) atoms. The molecule has 0 N–H and O–H groups in total. The number of likely N-dealkylation sites (tertiary alicyclic amines) is 1. The van der Waals surface area contributed by atoms with Gasteiger partial charge in [-0.15, -0.1) is 0 Å². The number of rotatable bonds is 5. The average Bonchev–Trinajstić information content (AvgIpc) is 2.93. The van der Waals surface area contributed by atoms with Gasteiger partial charge >= 0.3 is 0 Å². The molecule has 3 rings (SSSR count). The van der Waals surface area contributed by atoms with Gasteiger partial charge in [0.25, 0.3) is 0 Å². The summed E-state index contributed by atoms with van der Waals surface area (Å²) in [6.07, 6.45) is 5.44. The number of ether oxygens (including phenoxy) is 1. The molecule has 1 heterocycles. The first-order valence-corrected chi connectivity index (χ1v) is 9.35. The molecule has 1 fully saturated rings. The highest BCUT2D eigenvalue weighted by Crippen LogP contribution is 2.31. The molecule has 1 amide bonds. The van der Waals surface area contributed by atoms with Crippen LogP contribution in [0.25, 0.3) is 0 Å². The molecule has 0 aliphatic carbocycles. The molecule has 138 valence electrons. The zero-order valence-electron chi connectivity index (χ0n) is 15.3. The fourth-order valence-electron chi connectivity index (χ4n) is 3.63. The van der Waals surface area contributed by atoms with Gasteiger partial charge in [-0.05, 0) is 54.7 Å². The number of nitrogens with zero attached hydrogens (tertiary/aromatic N) is 1. The number of hydrogen-bond acceptors (Lipinski definition) is 2. The summed E-state index contributed by atoms with van der Waals surface area (Å²) in [5.41, 5.74) is 2.17. The van der Waals surface area contributed by atoms with Crippen molar-refractivity contribution < 1.29 is 13.9 Å². The van der Waals surface area contributed by atoms with Crippen molar-refractivity contribution in [3.05, 3.63) is 65.5 Å². The van der Waals surface area contributed by atoms with Crippen molar-refractivity contribution >= 4 is 5.91 Å². The molecule has 1 saturated heterocycles. The van der Waals surface area contributed by atoms with Crippen LogP contribution in [-0.2, 0) is 11.2 Å². The Morgan fingerprint density at radius 3 is 2.50 bits per heavy atom. The van der Waals surface area contributed by atoms with E-state index in [0.717, 1.165) is 43.5 Å². The van der Waals surface area contributed by atoms with Gasteiger partial charge in [0.15, 0.2) is 0 Å². The summed E-state index contributed by atoms with van der Waals surface area (Å²) in [7, 11) is 1.66. The molecule has 1 aliphatic rings. The standard InChI is InChI=1S/C22H26FNO2/c1-26-20-13-9-18(10-14-20)21-5-3-2-4-16-24(21)22(25)15-8-17-6-11-19(23)12-7-17/h6-7,9-14,21H,2-5,8,15-16H2,1H3. The quantitative estimate of drug-likeness (QED) is 0.762. The average molecular weight is 355 g/mol. The lowest BCUT2D eigenvalue weighted by molar-refractivity contribution is -0.133. The zero-order valence-corrected chi connectivity index (χ0v) is 15.3. The largest absolute Gasteiger partial charge is 0.497 e. The molecule has 0 spiro atoms. The van der Waals surface area contributed by atoms with Gasteiger partial charge in [-0.3, -0.25) is 4.79 Å². The van der Waals surface area contributed by atoms with Crippen molar-refractivity contribution in [1.29, 1.82) is 0 Å². The molecule has 4 heteroatoms.